The molecule has 1 atom stereocenters. The zero-order valence-corrected chi connectivity index (χ0v) is 9.55. The van der Waals surface area contributed by atoms with Gasteiger partial charge in [-0.2, -0.15) is 0 Å². The highest BCUT2D eigenvalue weighted by molar-refractivity contribution is 5.96. The molecule has 0 aromatic heterocycles. The highest BCUT2D eigenvalue weighted by atomic mass is 16.5. The van der Waals surface area contributed by atoms with Gasteiger partial charge in [-0.1, -0.05) is 0 Å². The number of benzene rings is 1. The number of ether oxygens (including phenoxy) is 1. The standard InChI is InChI=1S/C12H13NO5/c14-9-6-7(3-4-8(9)12(16)17)13-11(15)10-2-1-5-18-10/h3-4,6,10,14H,1-2,5H2,(H,13,15)(H,16,17)/t10-/m0/s1. The molecular formula is C12H13NO5. The molecule has 1 fully saturated rings. The molecule has 6 heteroatoms. The van der Waals surface area contributed by atoms with E-state index in [1.165, 1.54) is 18.2 Å². The van der Waals surface area contributed by atoms with Crippen molar-refractivity contribution in [3.63, 3.8) is 0 Å². The number of anilines is 1. The molecule has 2 rings (SSSR count). The maximum Gasteiger partial charge on any atom is 0.339 e. The molecule has 1 saturated heterocycles. The first kappa shape index (κ1) is 12.4. The Morgan fingerprint density at radius 3 is 2.72 bits per heavy atom. The molecule has 3 N–H and O–H groups in total. The largest absolute Gasteiger partial charge is 0.507 e. The van der Waals surface area contributed by atoms with Crippen LogP contribution in [-0.4, -0.2) is 34.8 Å². The molecule has 0 radical (unpaired) electrons. The fourth-order valence-corrected chi connectivity index (χ4v) is 1.80. The minimum atomic E-state index is -1.22. The van der Waals surface area contributed by atoms with Crippen molar-refractivity contribution in [2.45, 2.75) is 18.9 Å². The maximum atomic E-state index is 11.7. The van der Waals surface area contributed by atoms with Crippen molar-refractivity contribution in [2.75, 3.05) is 11.9 Å². The van der Waals surface area contributed by atoms with Crippen LogP contribution in [0.2, 0.25) is 0 Å². The van der Waals surface area contributed by atoms with Crippen molar-refractivity contribution >= 4 is 17.6 Å². The van der Waals surface area contributed by atoms with E-state index in [1.54, 1.807) is 0 Å². The monoisotopic (exact) mass is 251 g/mol. The molecule has 0 saturated carbocycles. The summed E-state index contributed by atoms with van der Waals surface area (Å²) in [6.07, 6.45) is 1.05. The molecule has 0 spiro atoms. The lowest BCUT2D eigenvalue weighted by Crippen LogP contribution is -2.26. The SMILES string of the molecule is O=C(O)c1ccc(NC(=O)[C@@H]2CCCO2)cc1O. The van der Waals surface area contributed by atoms with Crippen LogP contribution >= 0.6 is 0 Å². The zero-order chi connectivity index (χ0) is 13.1. The number of carbonyl (C=O) groups is 2. The average Bonchev–Trinajstić information content (AvgIpc) is 2.81. The Morgan fingerprint density at radius 1 is 1.39 bits per heavy atom. The molecular weight excluding hydrogens is 238 g/mol. The van der Waals surface area contributed by atoms with Gasteiger partial charge >= 0.3 is 5.97 Å². The van der Waals surface area contributed by atoms with Gasteiger partial charge in [0.25, 0.3) is 5.91 Å². The molecule has 1 aliphatic rings. The summed E-state index contributed by atoms with van der Waals surface area (Å²) >= 11 is 0. The number of carbonyl (C=O) groups excluding carboxylic acids is 1. The summed E-state index contributed by atoms with van der Waals surface area (Å²) < 4.78 is 5.21. The second-order valence-electron chi connectivity index (χ2n) is 4.03. The number of aromatic carboxylic acids is 1. The van der Waals surface area contributed by atoms with Crippen LogP contribution in [0.25, 0.3) is 0 Å². The molecule has 0 bridgehead atoms. The first-order chi connectivity index (χ1) is 8.58. The van der Waals surface area contributed by atoms with Crippen LogP contribution in [0, 0.1) is 0 Å². The lowest BCUT2D eigenvalue weighted by atomic mass is 10.1. The van der Waals surface area contributed by atoms with Crippen molar-refractivity contribution in [3.8, 4) is 5.75 Å². The zero-order valence-electron chi connectivity index (χ0n) is 9.55. The topological polar surface area (TPSA) is 95.9 Å². The van der Waals surface area contributed by atoms with Crippen LogP contribution in [0.15, 0.2) is 18.2 Å². The number of rotatable bonds is 3. The second kappa shape index (κ2) is 5.05. The van der Waals surface area contributed by atoms with Crippen molar-refractivity contribution in [3.05, 3.63) is 23.8 Å². The van der Waals surface area contributed by atoms with Gasteiger partial charge in [-0.3, -0.25) is 4.79 Å². The maximum absolute atomic E-state index is 11.7. The number of carboxylic acid groups (broad SMARTS) is 1. The van der Waals surface area contributed by atoms with Crippen molar-refractivity contribution in [2.24, 2.45) is 0 Å². The molecule has 0 unspecified atom stereocenters. The third-order valence-corrected chi connectivity index (χ3v) is 2.72. The van der Waals surface area contributed by atoms with Crippen LogP contribution in [0.3, 0.4) is 0 Å². The van der Waals surface area contributed by atoms with Gasteiger partial charge in [0.05, 0.1) is 0 Å². The number of amides is 1. The highest BCUT2D eigenvalue weighted by Crippen LogP contribution is 2.23. The highest BCUT2D eigenvalue weighted by Gasteiger charge is 2.23. The Kier molecular flexibility index (Phi) is 3.47. The van der Waals surface area contributed by atoms with Crippen molar-refractivity contribution in [1.29, 1.82) is 0 Å². The molecule has 6 nitrogen and oxygen atoms in total. The van der Waals surface area contributed by atoms with E-state index < -0.39 is 12.1 Å². The van der Waals surface area contributed by atoms with Gasteiger partial charge in [0, 0.05) is 18.4 Å². The summed E-state index contributed by atoms with van der Waals surface area (Å²) in [6.45, 7) is 0.571. The van der Waals surface area contributed by atoms with Crippen molar-refractivity contribution in [1.82, 2.24) is 0 Å². The van der Waals surface area contributed by atoms with Crippen LogP contribution in [0.1, 0.15) is 23.2 Å². The van der Waals surface area contributed by atoms with Crippen LogP contribution in [-0.2, 0) is 9.53 Å². The summed E-state index contributed by atoms with van der Waals surface area (Å²) in [5.41, 5.74) is 0.142. The van der Waals surface area contributed by atoms with Gasteiger partial charge < -0.3 is 20.3 Å². The summed E-state index contributed by atoms with van der Waals surface area (Å²) in [5.74, 6) is -1.88. The Labute approximate surface area is 103 Å². The molecule has 1 aromatic rings. The Hall–Kier alpha value is -2.08. The predicted molar refractivity (Wildman–Crippen MR) is 62.7 cm³/mol. The number of carboxylic acids is 1. The summed E-state index contributed by atoms with van der Waals surface area (Å²) in [7, 11) is 0. The van der Waals surface area contributed by atoms with E-state index in [0.717, 1.165) is 6.42 Å². The van der Waals surface area contributed by atoms with Gasteiger partial charge in [0.1, 0.15) is 17.4 Å². The summed E-state index contributed by atoms with van der Waals surface area (Å²) in [6, 6.07) is 3.87. The van der Waals surface area contributed by atoms with Gasteiger partial charge in [0.2, 0.25) is 0 Å². The molecule has 96 valence electrons. The molecule has 1 heterocycles. The number of nitrogens with one attached hydrogen (secondary N) is 1. The van der Waals surface area contributed by atoms with E-state index in [2.05, 4.69) is 5.32 Å². The molecule has 18 heavy (non-hydrogen) atoms. The van der Waals surface area contributed by atoms with Crippen LogP contribution in [0.4, 0.5) is 5.69 Å². The van der Waals surface area contributed by atoms with E-state index >= 15 is 0 Å². The normalized spacial score (nSPS) is 18.6. The van der Waals surface area contributed by atoms with Gasteiger partial charge in [-0.25, -0.2) is 4.79 Å². The Balaban J connectivity index is 2.07. The molecule has 1 aliphatic heterocycles. The first-order valence-electron chi connectivity index (χ1n) is 5.56. The van der Waals surface area contributed by atoms with Gasteiger partial charge in [-0.05, 0) is 25.0 Å². The average molecular weight is 251 g/mol. The van der Waals surface area contributed by atoms with E-state index in [1.807, 2.05) is 0 Å². The fourth-order valence-electron chi connectivity index (χ4n) is 1.80. The minimum Gasteiger partial charge on any atom is -0.507 e. The van der Waals surface area contributed by atoms with Crippen molar-refractivity contribution < 1.29 is 24.5 Å². The van der Waals surface area contributed by atoms with Gasteiger partial charge in [0.15, 0.2) is 0 Å². The Morgan fingerprint density at radius 2 is 2.17 bits per heavy atom. The predicted octanol–water partition coefficient (Wildman–Crippen LogP) is 1.21. The molecule has 1 aromatic carbocycles. The number of hydrogen-bond donors (Lipinski definition) is 3. The third-order valence-electron chi connectivity index (χ3n) is 2.72. The van der Waals surface area contributed by atoms with Crippen LogP contribution < -0.4 is 5.32 Å². The lowest BCUT2D eigenvalue weighted by Gasteiger charge is -2.11. The van der Waals surface area contributed by atoms with E-state index in [9.17, 15) is 14.7 Å². The lowest BCUT2D eigenvalue weighted by molar-refractivity contribution is -0.124. The van der Waals surface area contributed by atoms with Gasteiger partial charge in [-0.15, -0.1) is 0 Å². The Bertz CT molecular complexity index is 479. The van der Waals surface area contributed by atoms with Crippen LogP contribution in [0.5, 0.6) is 5.75 Å². The third kappa shape index (κ3) is 2.60. The summed E-state index contributed by atoms with van der Waals surface area (Å²) in [5, 5.41) is 20.8. The van der Waals surface area contributed by atoms with E-state index in [4.69, 9.17) is 9.84 Å². The van der Waals surface area contributed by atoms with E-state index in [-0.39, 0.29) is 17.2 Å². The first-order valence-corrected chi connectivity index (χ1v) is 5.56. The van der Waals surface area contributed by atoms with E-state index in [0.29, 0.717) is 18.7 Å². The smallest absolute Gasteiger partial charge is 0.339 e. The quantitative estimate of drug-likeness (QED) is 0.750. The summed E-state index contributed by atoms with van der Waals surface area (Å²) in [4.78, 5) is 22.4. The molecule has 1 amide bonds. The number of hydrogen-bond acceptors (Lipinski definition) is 4. The molecule has 0 aliphatic carbocycles. The second-order valence-corrected chi connectivity index (χ2v) is 4.03. The minimum absolute atomic E-state index is 0.204. The number of aromatic hydroxyl groups is 1. The number of phenols is 1. The fraction of sp³-hybridized carbons (Fsp3) is 0.333.